The Bertz CT molecular complexity index is 539. The van der Waals surface area contributed by atoms with Crippen LogP contribution in [0.2, 0.25) is 5.02 Å². The molecule has 0 aromatic heterocycles. The van der Waals surface area contributed by atoms with Gasteiger partial charge < -0.3 is 9.47 Å². The van der Waals surface area contributed by atoms with Crippen LogP contribution in [-0.4, -0.2) is 18.7 Å². The van der Waals surface area contributed by atoms with Gasteiger partial charge in [-0.05, 0) is 46.6 Å². The van der Waals surface area contributed by atoms with Crippen molar-refractivity contribution in [3.63, 3.8) is 0 Å². The number of halogens is 1. The van der Waals surface area contributed by atoms with Gasteiger partial charge in [0, 0.05) is 16.1 Å². The first-order valence-electron chi connectivity index (χ1n) is 6.78. The number of carbonyl (C=O) groups is 1. The van der Waals surface area contributed by atoms with Gasteiger partial charge in [-0.1, -0.05) is 17.7 Å². The summed E-state index contributed by atoms with van der Waals surface area (Å²) in [5.41, 5.74) is 0.702. The second kappa shape index (κ2) is 4.96. The van der Waals surface area contributed by atoms with Crippen LogP contribution in [0.3, 0.4) is 0 Å². The van der Waals surface area contributed by atoms with E-state index in [1.165, 1.54) is 0 Å². The van der Waals surface area contributed by atoms with Crippen LogP contribution < -0.4 is 4.74 Å². The van der Waals surface area contributed by atoms with Crippen LogP contribution in [0.15, 0.2) is 12.1 Å². The minimum absolute atomic E-state index is 0.176. The van der Waals surface area contributed by atoms with Gasteiger partial charge in [0.15, 0.2) is 0 Å². The van der Waals surface area contributed by atoms with Gasteiger partial charge in [-0.2, -0.15) is 0 Å². The molecule has 0 unspecified atom stereocenters. The highest BCUT2D eigenvalue weighted by Gasteiger charge is 2.55. The number of esters is 1. The Morgan fingerprint density at radius 2 is 1.90 bits per heavy atom. The minimum Gasteiger partial charge on any atom is -0.496 e. The topological polar surface area (TPSA) is 35.5 Å². The molecule has 1 fully saturated rings. The van der Waals surface area contributed by atoms with Crippen molar-refractivity contribution in [2.45, 2.75) is 51.6 Å². The summed E-state index contributed by atoms with van der Waals surface area (Å²) in [5.74, 6) is 0.519. The van der Waals surface area contributed by atoms with Gasteiger partial charge >= 0.3 is 5.97 Å². The highest BCUT2D eigenvalue weighted by atomic mass is 35.5. The third-order valence-corrected chi connectivity index (χ3v) is 4.01. The second-order valence-electron chi connectivity index (χ2n) is 6.34. The standard InChI is InChI=1S/C16H21ClO3/c1-10-12(17)7-6-11(13(10)19-5)16(8-9-16)14(18)20-15(2,3)4/h6-7H,8-9H2,1-5H3. The molecule has 1 aromatic carbocycles. The fraction of sp³-hybridized carbons (Fsp3) is 0.562. The number of hydrogen-bond acceptors (Lipinski definition) is 3. The molecule has 1 aliphatic rings. The summed E-state index contributed by atoms with van der Waals surface area (Å²) in [4.78, 5) is 12.5. The van der Waals surface area contributed by atoms with E-state index in [0.29, 0.717) is 10.8 Å². The van der Waals surface area contributed by atoms with E-state index >= 15 is 0 Å². The van der Waals surface area contributed by atoms with E-state index in [1.807, 2.05) is 39.8 Å². The van der Waals surface area contributed by atoms with Crippen LogP contribution in [0.25, 0.3) is 0 Å². The first-order chi connectivity index (χ1) is 9.21. The highest BCUT2D eigenvalue weighted by molar-refractivity contribution is 6.31. The van der Waals surface area contributed by atoms with Crippen LogP contribution >= 0.6 is 11.6 Å². The second-order valence-corrected chi connectivity index (χ2v) is 6.74. The van der Waals surface area contributed by atoms with E-state index in [4.69, 9.17) is 21.1 Å². The lowest BCUT2D eigenvalue weighted by Gasteiger charge is -2.25. The quantitative estimate of drug-likeness (QED) is 0.790. The Morgan fingerprint density at radius 3 is 2.35 bits per heavy atom. The predicted molar refractivity (Wildman–Crippen MR) is 79.5 cm³/mol. The maximum atomic E-state index is 12.5. The largest absolute Gasteiger partial charge is 0.496 e. The normalized spacial score (nSPS) is 16.7. The maximum Gasteiger partial charge on any atom is 0.317 e. The van der Waals surface area contributed by atoms with Crippen molar-refractivity contribution in [1.29, 1.82) is 0 Å². The van der Waals surface area contributed by atoms with Crippen LogP contribution in [0, 0.1) is 6.92 Å². The lowest BCUT2D eigenvalue weighted by molar-refractivity contribution is -0.158. The first-order valence-corrected chi connectivity index (χ1v) is 7.16. The molecule has 0 spiro atoms. The number of hydrogen-bond donors (Lipinski definition) is 0. The molecule has 0 amide bonds. The molecule has 110 valence electrons. The average Bonchev–Trinajstić information content (AvgIpc) is 3.11. The number of methoxy groups -OCH3 is 1. The molecular formula is C16H21ClO3. The molecule has 0 saturated heterocycles. The van der Waals surface area contributed by atoms with Crippen molar-refractivity contribution in [2.24, 2.45) is 0 Å². The molecule has 4 heteroatoms. The zero-order valence-electron chi connectivity index (χ0n) is 12.7. The van der Waals surface area contributed by atoms with Crippen molar-refractivity contribution in [3.8, 4) is 5.75 Å². The fourth-order valence-electron chi connectivity index (χ4n) is 2.39. The molecule has 1 aliphatic carbocycles. The molecule has 0 N–H and O–H groups in total. The van der Waals surface area contributed by atoms with Crippen LogP contribution in [0.1, 0.15) is 44.7 Å². The van der Waals surface area contributed by atoms with E-state index in [9.17, 15) is 4.79 Å². The Balaban J connectivity index is 2.41. The van der Waals surface area contributed by atoms with Gasteiger partial charge in [0.2, 0.25) is 0 Å². The summed E-state index contributed by atoms with van der Waals surface area (Å²) in [6.45, 7) is 7.54. The first kappa shape index (κ1) is 15.2. The predicted octanol–water partition coefficient (Wildman–Crippen LogP) is 4.03. The zero-order valence-corrected chi connectivity index (χ0v) is 13.4. The van der Waals surface area contributed by atoms with Crippen LogP contribution in [0.4, 0.5) is 0 Å². The van der Waals surface area contributed by atoms with Crippen molar-refractivity contribution in [1.82, 2.24) is 0 Å². The molecule has 0 atom stereocenters. The highest BCUT2D eigenvalue weighted by Crippen LogP contribution is 2.53. The van der Waals surface area contributed by atoms with Gasteiger partial charge in [0.25, 0.3) is 0 Å². The smallest absolute Gasteiger partial charge is 0.317 e. The number of ether oxygens (including phenoxy) is 2. The van der Waals surface area contributed by atoms with Crippen molar-refractivity contribution in [3.05, 3.63) is 28.3 Å². The van der Waals surface area contributed by atoms with E-state index in [0.717, 1.165) is 24.0 Å². The van der Waals surface area contributed by atoms with E-state index in [-0.39, 0.29) is 5.97 Å². The molecule has 20 heavy (non-hydrogen) atoms. The summed E-state index contributed by atoms with van der Waals surface area (Å²) in [6.07, 6.45) is 1.58. The monoisotopic (exact) mass is 296 g/mol. The van der Waals surface area contributed by atoms with Gasteiger partial charge in [0.05, 0.1) is 12.5 Å². The number of benzene rings is 1. The molecule has 0 aliphatic heterocycles. The Morgan fingerprint density at radius 1 is 1.30 bits per heavy atom. The Kier molecular flexibility index (Phi) is 3.76. The van der Waals surface area contributed by atoms with Crippen LogP contribution in [-0.2, 0) is 14.9 Å². The van der Waals surface area contributed by atoms with Gasteiger partial charge in [0.1, 0.15) is 11.4 Å². The molecular weight excluding hydrogens is 276 g/mol. The molecule has 1 aromatic rings. The summed E-state index contributed by atoms with van der Waals surface area (Å²) in [6, 6.07) is 3.70. The molecule has 1 saturated carbocycles. The third kappa shape index (κ3) is 2.64. The average molecular weight is 297 g/mol. The van der Waals surface area contributed by atoms with E-state index in [1.54, 1.807) is 7.11 Å². The summed E-state index contributed by atoms with van der Waals surface area (Å²) in [7, 11) is 1.60. The summed E-state index contributed by atoms with van der Waals surface area (Å²) < 4.78 is 11.0. The Hall–Kier alpha value is -1.22. The van der Waals surface area contributed by atoms with E-state index in [2.05, 4.69) is 0 Å². The number of carbonyl (C=O) groups excluding carboxylic acids is 1. The Labute approximate surface area is 125 Å². The SMILES string of the molecule is COc1c(C2(C(=O)OC(C)(C)C)CC2)ccc(Cl)c1C. The van der Waals surface area contributed by atoms with Crippen molar-refractivity contribution < 1.29 is 14.3 Å². The minimum atomic E-state index is -0.562. The summed E-state index contributed by atoms with van der Waals surface area (Å²) >= 11 is 6.12. The number of rotatable bonds is 3. The van der Waals surface area contributed by atoms with Crippen molar-refractivity contribution >= 4 is 17.6 Å². The molecule has 0 radical (unpaired) electrons. The van der Waals surface area contributed by atoms with Gasteiger partial charge in [-0.15, -0.1) is 0 Å². The lowest BCUT2D eigenvalue weighted by atomic mass is 9.93. The van der Waals surface area contributed by atoms with Crippen LogP contribution in [0.5, 0.6) is 5.75 Å². The van der Waals surface area contributed by atoms with Crippen molar-refractivity contribution in [2.75, 3.05) is 7.11 Å². The molecule has 3 nitrogen and oxygen atoms in total. The van der Waals surface area contributed by atoms with Gasteiger partial charge in [-0.25, -0.2) is 0 Å². The fourth-order valence-corrected chi connectivity index (χ4v) is 2.54. The molecule has 0 heterocycles. The maximum absolute atomic E-state index is 12.5. The molecule has 0 bridgehead atoms. The summed E-state index contributed by atoms with van der Waals surface area (Å²) in [5, 5.41) is 0.644. The van der Waals surface area contributed by atoms with E-state index < -0.39 is 11.0 Å². The van der Waals surface area contributed by atoms with Gasteiger partial charge in [-0.3, -0.25) is 4.79 Å². The lowest BCUT2D eigenvalue weighted by Crippen LogP contribution is -2.32. The zero-order chi connectivity index (χ0) is 15.1. The third-order valence-electron chi connectivity index (χ3n) is 3.60. The molecule has 2 rings (SSSR count).